The molecule has 0 saturated heterocycles. The first kappa shape index (κ1) is 32.0. The molecule has 0 unspecified atom stereocenters. The van der Waals surface area contributed by atoms with Gasteiger partial charge in [-0.15, -0.1) is 0 Å². The number of benzene rings is 6. The molecule has 0 aliphatic heterocycles. The molecule has 1 aliphatic carbocycles. The largest absolute Gasteiger partial charge is 0.264 e. The predicted molar refractivity (Wildman–Crippen MR) is 218 cm³/mol. The molecule has 0 atom stereocenters. The zero-order valence-corrected chi connectivity index (χ0v) is 29.6. The average molecular weight is 678 g/mol. The Labute approximate surface area is 310 Å². The number of nitrogens with zero attached hydrogens (tertiary/aromatic N) is 3. The quantitative estimate of drug-likeness (QED) is 0.164. The van der Waals surface area contributed by atoms with Crippen LogP contribution in [-0.4, -0.2) is 9.97 Å². The third-order valence-electron chi connectivity index (χ3n) is 10.6. The third-order valence-corrected chi connectivity index (χ3v) is 10.6. The van der Waals surface area contributed by atoms with Gasteiger partial charge in [-0.3, -0.25) is 9.97 Å². The van der Waals surface area contributed by atoms with Crippen LogP contribution in [-0.2, 0) is 5.41 Å². The Morgan fingerprint density at radius 1 is 0.396 bits per heavy atom. The van der Waals surface area contributed by atoms with Crippen molar-refractivity contribution < 1.29 is 0 Å². The number of hydrogen-bond acceptors (Lipinski definition) is 2. The van der Waals surface area contributed by atoms with E-state index in [2.05, 4.69) is 156 Å². The molecule has 2 heterocycles. The van der Waals surface area contributed by atoms with E-state index >= 15 is 0 Å². The lowest BCUT2D eigenvalue weighted by atomic mass is 9.76. The fourth-order valence-electron chi connectivity index (χ4n) is 8.12. The number of rotatable bonds is 6. The molecule has 2 aromatic heterocycles. The van der Waals surface area contributed by atoms with E-state index in [1.807, 2.05) is 49.1 Å². The molecule has 0 amide bonds. The van der Waals surface area contributed by atoms with Gasteiger partial charge in [-0.1, -0.05) is 135 Å². The lowest BCUT2D eigenvalue weighted by molar-refractivity contribution is 0.664. The van der Waals surface area contributed by atoms with Gasteiger partial charge in [-0.2, -0.15) is 0 Å². The van der Waals surface area contributed by atoms with Crippen LogP contribution >= 0.6 is 0 Å². The minimum atomic E-state index is -0.275. The molecular weight excluding hydrogens is 643 g/mol. The van der Waals surface area contributed by atoms with Crippen LogP contribution in [0.2, 0.25) is 0 Å². The Bertz CT molecular complexity index is 2550. The molecule has 9 rings (SSSR count). The lowest BCUT2D eigenvalue weighted by Crippen LogP contribution is -2.17. The Morgan fingerprint density at radius 2 is 0.792 bits per heavy atom. The SMILES string of the molecule is [C-]#[N+]c1ccc(-c2cccc3c2C(C)(C)c2c(-c4cc(-c5ccc(-c6cccnc6)cc5)cc(-c5ccc(-c6cccnc6)cc5)c4)cccc2-3)cc1. The second-order valence-electron chi connectivity index (χ2n) is 14.2. The average Bonchev–Trinajstić information content (AvgIpc) is 3.47. The molecular formula is C50H35N3. The summed E-state index contributed by atoms with van der Waals surface area (Å²) in [5.41, 5.74) is 19.5. The standard InChI is InChI=1S/C50H35N3/c1-50(2)48-44(37-22-24-43(51-3)25-23-37)10-4-12-46(48)47-13-5-11-45(49(47)50)42-29-40(35-18-14-33(15-19-35)38-8-6-26-52-31-38)28-41(30-42)36-20-16-34(17-21-36)39-9-7-27-53-32-39/h4-32H,1-2H3. The van der Waals surface area contributed by atoms with Gasteiger partial charge in [0.25, 0.3) is 0 Å². The van der Waals surface area contributed by atoms with Gasteiger partial charge >= 0.3 is 0 Å². The summed E-state index contributed by atoms with van der Waals surface area (Å²) in [6, 6.07) is 54.2. The monoisotopic (exact) mass is 677 g/mol. The van der Waals surface area contributed by atoms with Crippen molar-refractivity contribution in [3.05, 3.63) is 199 Å². The molecule has 3 nitrogen and oxygen atoms in total. The molecule has 0 N–H and O–H groups in total. The number of aromatic nitrogens is 2. The zero-order chi connectivity index (χ0) is 35.9. The Morgan fingerprint density at radius 3 is 1.23 bits per heavy atom. The maximum atomic E-state index is 7.45. The first-order valence-corrected chi connectivity index (χ1v) is 17.9. The summed E-state index contributed by atoms with van der Waals surface area (Å²) < 4.78 is 0. The maximum absolute atomic E-state index is 7.45. The van der Waals surface area contributed by atoms with Crippen LogP contribution in [0.25, 0.3) is 82.7 Å². The second kappa shape index (κ2) is 13.0. The summed E-state index contributed by atoms with van der Waals surface area (Å²) >= 11 is 0. The smallest absolute Gasteiger partial charge is 0.187 e. The van der Waals surface area contributed by atoms with Crippen LogP contribution in [0.4, 0.5) is 5.69 Å². The summed E-state index contributed by atoms with van der Waals surface area (Å²) in [5.74, 6) is 0. The topological polar surface area (TPSA) is 30.1 Å². The molecule has 0 spiro atoms. The highest BCUT2D eigenvalue weighted by Crippen LogP contribution is 2.55. The molecule has 6 aromatic carbocycles. The van der Waals surface area contributed by atoms with Crippen molar-refractivity contribution >= 4 is 5.69 Å². The predicted octanol–water partition coefficient (Wildman–Crippen LogP) is 13.3. The summed E-state index contributed by atoms with van der Waals surface area (Å²) in [6.07, 6.45) is 7.44. The van der Waals surface area contributed by atoms with Crippen molar-refractivity contribution in [1.29, 1.82) is 0 Å². The van der Waals surface area contributed by atoms with Crippen molar-refractivity contribution in [3.63, 3.8) is 0 Å². The van der Waals surface area contributed by atoms with Gasteiger partial charge in [-0.05, 0) is 119 Å². The van der Waals surface area contributed by atoms with Gasteiger partial charge in [-0.25, -0.2) is 4.85 Å². The van der Waals surface area contributed by atoms with Gasteiger partial charge in [0.15, 0.2) is 5.69 Å². The zero-order valence-electron chi connectivity index (χ0n) is 29.6. The Hall–Kier alpha value is -6.89. The molecule has 53 heavy (non-hydrogen) atoms. The fraction of sp³-hybridized carbons (Fsp3) is 0.0600. The number of pyridine rings is 2. The van der Waals surface area contributed by atoms with Crippen LogP contribution in [0.15, 0.2) is 176 Å². The Balaban J connectivity index is 1.19. The van der Waals surface area contributed by atoms with E-state index in [1.54, 1.807) is 0 Å². The van der Waals surface area contributed by atoms with Crippen LogP contribution in [0, 0.1) is 6.57 Å². The van der Waals surface area contributed by atoms with E-state index in [4.69, 9.17) is 6.57 Å². The summed E-state index contributed by atoms with van der Waals surface area (Å²) in [7, 11) is 0. The van der Waals surface area contributed by atoms with E-state index in [0.29, 0.717) is 5.69 Å². The summed E-state index contributed by atoms with van der Waals surface area (Å²) in [4.78, 5) is 12.3. The van der Waals surface area contributed by atoms with Gasteiger partial charge in [0.1, 0.15) is 0 Å². The minimum Gasteiger partial charge on any atom is -0.264 e. The highest BCUT2D eigenvalue weighted by molar-refractivity contribution is 5.94. The highest BCUT2D eigenvalue weighted by atomic mass is 14.6. The van der Waals surface area contributed by atoms with Crippen LogP contribution < -0.4 is 0 Å². The van der Waals surface area contributed by atoms with Crippen molar-refractivity contribution in [3.8, 4) is 77.9 Å². The fourth-order valence-corrected chi connectivity index (χ4v) is 8.12. The van der Waals surface area contributed by atoms with Gasteiger partial charge < -0.3 is 0 Å². The molecule has 0 radical (unpaired) electrons. The summed E-state index contributed by atoms with van der Waals surface area (Å²) in [5, 5.41) is 0. The van der Waals surface area contributed by atoms with Gasteiger partial charge in [0, 0.05) is 30.2 Å². The summed E-state index contributed by atoms with van der Waals surface area (Å²) in [6.45, 7) is 12.2. The van der Waals surface area contributed by atoms with E-state index in [1.165, 1.54) is 38.9 Å². The molecule has 1 aliphatic rings. The van der Waals surface area contributed by atoms with Gasteiger partial charge in [0.2, 0.25) is 0 Å². The van der Waals surface area contributed by atoms with E-state index < -0.39 is 0 Å². The minimum absolute atomic E-state index is 0.275. The molecule has 0 bridgehead atoms. The molecule has 250 valence electrons. The van der Waals surface area contributed by atoms with Crippen molar-refractivity contribution in [2.75, 3.05) is 0 Å². The molecule has 8 aromatic rings. The van der Waals surface area contributed by atoms with Crippen molar-refractivity contribution in [2.24, 2.45) is 0 Å². The molecule has 0 saturated carbocycles. The molecule has 3 heteroatoms. The first-order chi connectivity index (χ1) is 26.0. The third kappa shape index (κ3) is 5.72. The van der Waals surface area contributed by atoms with Crippen LogP contribution in [0.5, 0.6) is 0 Å². The van der Waals surface area contributed by atoms with E-state index in [-0.39, 0.29) is 5.41 Å². The maximum Gasteiger partial charge on any atom is 0.187 e. The van der Waals surface area contributed by atoms with Crippen molar-refractivity contribution in [2.45, 2.75) is 19.3 Å². The highest BCUT2D eigenvalue weighted by Gasteiger charge is 2.39. The first-order valence-electron chi connectivity index (χ1n) is 17.9. The molecule has 0 fully saturated rings. The van der Waals surface area contributed by atoms with Crippen LogP contribution in [0.3, 0.4) is 0 Å². The van der Waals surface area contributed by atoms with Gasteiger partial charge in [0.05, 0.1) is 6.57 Å². The van der Waals surface area contributed by atoms with E-state index in [9.17, 15) is 0 Å². The Kier molecular flexibility index (Phi) is 7.87. The number of hydrogen-bond donors (Lipinski definition) is 0. The normalized spacial score (nSPS) is 12.5. The van der Waals surface area contributed by atoms with Crippen molar-refractivity contribution in [1.82, 2.24) is 9.97 Å². The lowest BCUT2D eigenvalue weighted by Gasteiger charge is -2.27. The van der Waals surface area contributed by atoms with Crippen LogP contribution in [0.1, 0.15) is 25.0 Å². The second-order valence-corrected chi connectivity index (χ2v) is 14.2. The van der Waals surface area contributed by atoms with E-state index in [0.717, 1.165) is 50.1 Å². The number of fused-ring (bicyclic) bond motifs is 3.